The van der Waals surface area contributed by atoms with Gasteiger partial charge in [0.1, 0.15) is 0 Å². The van der Waals surface area contributed by atoms with E-state index in [0.29, 0.717) is 0 Å². The van der Waals surface area contributed by atoms with E-state index in [1.54, 1.807) is 7.11 Å². The van der Waals surface area contributed by atoms with E-state index in [1.165, 1.54) is 5.56 Å². The van der Waals surface area contributed by atoms with E-state index in [-0.39, 0.29) is 5.60 Å². The molecular weight excluding hydrogens is 222 g/mol. The molecule has 0 radical (unpaired) electrons. The predicted molar refractivity (Wildman–Crippen MR) is 70.4 cm³/mol. The van der Waals surface area contributed by atoms with Crippen molar-refractivity contribution < 1.29 is 4.74 Å². The molecule has 0 unspecified atom stereocenters. The Morgan fingerprint density at radius 3 is 2.62 bits per heavy atom. The first kappa shape index (κ1) is 13.3. The van der Waals surface area contributed by atoms with E-state index in [4.69, 9.17) is 16.3 Å². The molecule has 0 bridgehead atoms. The summed E-state index contributed by atoms with van der Waals surface area (Å²) in [5, 5.41) is 4.17. The van der Waals surface area contributed by atoms with Crippen molar-refractivity contribution in [1.29, 1.82) is 0 Å². The summed E-state index contributed by atoms with van der Waals surface area (Å²) in [6, 6.07) is 5.88. The lowest BCUT2D eigenvalue weighted by Gasteiger charge is -2.23. The number of benzene rings is 1. The van der Waals surface area contributed by atoms with Crippen molar-refractivity contribution in [2.24, 2.45) is 0 Å². The number of halogens is 1. The molecule has 1 aromatic rings. The monoisotopic (exact) mass is 241 g/mol. The number of ether oxygens (including phenoxy) is 1. The van der Waals surface area contributed by atoms with Gasteiger partial charge in [0.25, 0.3) is 0 Å². The molecule has 90 valence electrons. The molecule has 2 nitrogen and oxygen atoms in total. The number of nitrogens with one attached hydrogen (secondary N) is 1. The van der Waals surface area contributed by atoms with Crippen LogP contribution in [0.4, 0.5) is 5.69 Å². The van der Waals surface area contributed by atoms with Gasteiger partial charge < -0.3 is 10.1 Å². The molecule has 0 atom stereocenters. The van der Waals surface area contributed by atoms with Crippen LogP contribution in [0.5, 0.6) is 0 Å². The SMILES string of the molecule is COC(C)(C)CCNc1ccc(Cl)cc1C. The first-order valence-corrected chi connectivity index (χ1v) is 5.87. The molecule has 0 saturated heterocycles. The van der Waals surface area contributed by atoms with E-state index in [1.807, 2.05) is 18.2 Å². The summed E-state index contributed by atoms with van der Waals surface area (Å²) < 4.78 is 5.36. The normalized spacial score (nSPS) is 11.6. The Labute approximate surface area is 103 Å². The van der Waals surface area contributed by atoms with Gasteiger partial charge in [0.15, 0.2) is 0 Å². The van der Waals surface area contributed by atoms with Gasteiger partial charge in [0.2, 0.25) is 0 Å². The molecule has 0 fully saturated rings. The fourth-order valence-electron chi connectivity index (χ4n) is 1.43. The zero-order chi connectivity index (χ0) is 12.2. The highest BCUT2D eigenvalue weighted by molar-refractivity contribution is 6.30. The molecule has 3 heteroatoms. The van der Waals surface area contributed by atoms with Gasteiger partial charge >= 0.3 is 0 Å². The van der Waals surface area contributed by atoms with Crippen LogP contribution in [0.25, 0.3) is 0 Å². The van der Waals surface area contributed by atoms with Gasteiger partial charge in [-0.3, -0.25) is 0 Å². The topological polar surface area (TPSA) is 21.3 Å². The fraction of sp³-hybridized carbons (Fsp3) is 0.538. The average molecular weight is 242 g/mol. The molecule has 16 heavy (non-hydrogen) atoms. The van der Waals surface area contributed by atoms with Crippen LogP contribution in [0.1, 0.15) is 25.8 Å². The molecule has 1 aromatic carbocycles. The minimum absolute atomic E-state index is 0.0761. The van der Waals surface area contributed by atoms with Gasteiger partial charge in [0.05, 0.1) is 5.60 Å². The third kappa shape index (κ3) is 4.03. The summed E-state index contributed by atoms with van der Waals surface area (Å²) >= 11 is 5.90. The number of hydrogen-bond acceptors (Lipinski definition) is 2. The maximum atomic E-state index is 5.90. The molecule has 0 aliphatic heterocycles. The summed E-state index contributed by atoms with van der Waals surface area (Å²) in [5.74, 6) is 0. The Balaban J connectivity index is 2.49. The van der Waals surface area contributed by atoms with Crippen molar-refractivity contribution in [3.63, 3.8) is 0 Å². The number of rotatable bonds is 5. The summed E-state index contributed by atoms with van der Waals surface area (Å²) in [6.45, 7) is 7.12. The van der Waals surface area contributed by atoms with Gasteiger partial charge in [-0.05, 0) is 51.0 Å². The van der Waals surface area contributed by atoms with Gasteiger partial charge in [0, 0.05) is 24.4 Å². The molecule has 0 heterocycles. The molecule has 0 spiro atoms. The zero-order valence-electron chi connectivity index (χ0n) is 10.4. The second-order valence-corrected chi connectivity index (χ2v) is 5.04. The maximum absolute atomic E-state index is 5.90. The van der Waals surface area contributed by atoms with Crippen molar-refractivity contribution in [2.75, 3.05) is 19.0 Å². The predicted octanol–water partition coefficient (Wildman–Crippen LogP) is 3.88. The van der Waals surface area contributed by atoms with Gasteiger partial charge in [-0.25, -0.2) is 0 Å². The van der Waals surface area contributed by atoms with E-state index < -0.39 is 0 Å². The molecule has 0 aliphatic carbocycles. The maximum Gasteiger partial charge on any atom is 0.0639 e. The molecular formula is C13H20ClNO. The molecule has 0 saturated carbocycles. The number of methoxy groups -OCH3 is 1. The van der Waals surface area contributed by atoms with Crippen LogP contribution in [-0.4, -0.2) is 19.3 Å². The van der Waals surface area contributed by atoms with Crippen molar-refractivity contribution in [3.05, 3.63) is 28.8 Å². The zero-order valence-corrected chi connectivity index (χ0v) is 11.2. The standard InChI is InChI=1S/C13H20ClNO/c1-10-9-11(14)5-6-12(10)15-8-7-13(2,3)16-4/h5-6,9,15H,7-8H2,1-4H3. The Morgan fingerprint density at radius 1 is 1.38 bits per heavy atom. The molecule has 0 aliphatic rings. The quantitative estimate of drug-likeness (QED) is 0.845. The smallest absolute Gasteiger partial charge is 0.0639 e. The summed E-state index contributed by atoms with van der Waals surface area (Å²) in [4.78, 5) is 0. The van der Waals surface area contributed by atoms with Crippen LogP contribution in [-0.2, 0) is 4.74 Å². The van der Waals surface area contributed by atoms with E-state index in [9.17, 15) is 0 Å². The van der Waals surface area contributed by atoms with Gasteiger partial charge in [-0.2, -0.15) is 0 Å². The third-order valence-electron chi connectivity index (χ3n) is 2.78. The van der Waals surface area contributed by atoms with E-state index in [0.717, 1.165) is 23.7 Å². The lowest BCUT2D eigenvalue weighted by molar-refractivity contribution is 0.0185. The first-order valence-electron chi connectivity index (χ1n) is 5.50. The van der Waals surface area contributed by atoms with E-state index in [2.05, 4.69) is 26.1 Å². The molecule has 1 rings (SSSR count). The van der Waals surface area contributed by atoms with Crippen LogP contribution in [0.15, 0.2) is 18.2 Å². The second kappa shape index (κ2) is 5.55. The largest absolute Gasteiger partial charge is 0.385 e. The summed E-state index contributed by atoms with van der Waals surface area (Å²) in [7, 11) is 1.74. The van der Waals surface area contributed by atoms with Crippen LogP contribution < -0.4 is 5.32 Å². The molecule has 0 aromatic heterocycles. The van der Waals surface area contributed by atoms with Crippen molar-refractivity contribution >= 4 is 17.3 Å². The average Bonchev–Trinajstić information content (AvgIpc) is 2.21. The fourth-order valence-corrected chi connectivity index (χ4v) is 1.65. The van der Waals surface area contributed by atoms with Crippen molar-refractivity contribution in [3.8, 4) is 0 Å². The number of anilines is 1. The molecule has 0 amide bonds. The Bertz CT molecular complexity index is 350. The van der Waals surface area contributed by atoms with Crippen molar-refractivity contribution in [1.82, 2.24) is 0 Å². The summed E-state index contributed by atoms with van der Waals surface area (Å²) in [5.41, 5.74) is 2.23. The second-order valence-electron chi connectivity index (χ2n) is 4.60. The minimum Gasteiger partial charge on any atom is -0.385 e. The minimum atomic E-state index is -0.0761. The number of aryl methyl sites for hydroxylation is 1. The van der Waals surface area contributed by atoms with Crippen molar-refractivity contribution in [2.45, 2.75) is 32.8 Å². The van der Waals surface area contributed by atoms with Gasteiger partial charge in [-0.1, -0.05) is 11.6 Å². The number of hydrogen-bond donors (Lipinski definition) is 1. The van der Waals surface area contributed by atoms with E-state index >= 15 is 0 Å². The summed E-state index contributed by atoms with van der Waals surface area (Å²) in [6.07, 6.45) is 0.964. The lowest BCUT2D eigenvalue weighted by Crippen LogP contribution is -2.25. The third-order valence-corrected chi connectivity index (χ3v) is 3.02. The van der Waals surface area contributed by atoms with Crippen LogP contribution in [0.3, 0.4) is 0 Å². The Hall–Kier alpha value is -0.730. The highest BCUT2D eigenvalue weighted by Crippen LogP contribution is 2.20. The Morgan fingerprint density at radius 2 is 2.06 bits per heavy atom. The van der Waals surface area contributed by atoms with Crippen LogP contribution in [0.2, 0.25) is 5.02 Å². The first-order chi connectivity index (χ1) is 7.44. The highest BCUT2D eigenvalue weighted by atomic mass is 35.5. The van der Waals surface area contributed by atoms with Gasteiger partial charge in [-0.15, -0.1) is 0 Å². The Kier molecular flexibility index (Phi) is 4.63. The molecule has 1 N–H and O–H groups in total. The van der Waals surface area contributed by atoms with Crippen LogP contribution >= 0.6 is 11.6 Å². The lowest BCUT2D eigenvalue weighted by atomic mass is 10.1. The van der Waals surface area contributed by atoms with Crippen LogP contribution in [0, 0.1) is 6.92 Å². The highest BCUT2D eigenvalue weighted by Gasteiger charge is 2.15.